The van der Waals surface area contributed by atoms with Crippen LogP contribution in [-0.2, 0) is 11.0 Å². The fraction of sp³-hybridized carbons (Fsp3) is 0.222. The van der Waals surface area contributed by atoms with Crippen molar-refractivity contribution in [2.24, 2.45) is 0 Å². The fourth-order valence-electron chi connectivity index (χ4n) is 2.36. The number of hydrogen-bond donors (Lipinski definition) is 2. The first-order valence-electron chi connectivity index (χ1n) is 8.08. The molecule has 0 aromatic heterocycles. The molecule has 0 bridgehead atoms. The fourth-order valence-corrected chi connectivity index (χ4v) is 2.36. The van der Waals surface area contributed by atoms with E-state index in [2.05, 4.69) is 10.6 Å². The molecule has 28 heavy (non-hydrogen) atoms. The van der Waals surface area contributed by atoms with Gasteiger partial charge in [-0.2, -0.15) is 13.2 Å². The highest BCUT2D eigenvalue weighted by molar-refractivity contribution is 5.97. The van der Waals surface area contributed by atoms with E-state index in [1.165, 1.54) is 13.0 Å². The maximum absolute atomic E-state index is 12.7. The molecule has 0 atom stereocenters. The molecule has 0 radical (unpaired) electrons. The molecule has 0 heterocycles. The smallest absolute Gasteiger partial charge is 0.379 e. The lowest BCUT2D eigenvalue weighted by Crippen LogP contribution is -2.17. The number of carbonyl (C=O) groups excluding carboxylic acids is 2. The number of alkyl halides is 3. The summed E-state index contributed by atoms with van der Waals surface area (Å²) in [4.78, 5) is 33.4. The predicted octanol–water partition coefficient (Wildman–Crippen LogP) is 4.26. The normalized spacial score (nSPS) is 11.0. The average Bonchev–Trinajstić information content (AvgIpc) is 2.61. The highest BCUT2D eigenvalue weighted by atomic mass is 19.4. The van der Waals surface area contributed by atoms with Gasteiger partial charge in [0.25, 0.3) is 5.69 Å². The van der Waals surface area contributed by atoms with Gasteiger partial charge in [0, 0.05) is 30.3 Å². The lowest BCUT2D eigenvalue weighted by Gasteiger charge is -2.11. The second-order valence-electron chi connectivity index (χ2n) is 5.85. The van der Waals surface area contributed by atoms with Crippen LogP contribution in [0.1, 0.15) is 29.3 Å². The first-order valence-corrected chi connectivity index (χ1v) is 8.08. The Morgan fingerprint density at radius 1 is 1.14 bits per heavy atom. The molecule has 2 aromatic carbocycles. The van der Waals surface area contributed by atoms with E-state index in [9.17, 15) is 32.9 Å². The molecule has 0 unspecified atom stereocenters. The molecule has 2 N–H and O–H groups in total. The van der Waals surface area contributed by atoms with Crippen molar-refractivity contribution in [1.82, 2.24) is 0 Å². The zero-order valence-electron chi connectivity index (χ0n) is 14.7. The van der Waals surface area contributed by atoms with Crippen LogP contribution in [0.5, 0.6) is 0 Å². The lowest BCUT2D eigenvalue weighted by atomic mass is 10.1. The third kappa shape index (κ3) is 5.53. The molecule has 10 heteroatoms. The van der Waals surface area contributed by atoms with Crippen molar-refractivity contribution < 1.29 is 27.7 Å². The number of hydrogen-bond acceptors (Lipinski definition) is 5. The van der Waals surface area contributed by atoms with Crippen LogP contribution in [0, 0.1) is 10.1 Å². The number of nitrogens with one attached hydrogen (secondary N) is 2. The van der Waals surface area contributed by atoms with Crippen molar-refractivity contribution in [1.29, 1.82) is 0 Å². The maximum Gasteiger partial charge on any atom is 0.416 e. The molecular weight excluding hydrogens is 379 g/mol. The largest absolute Gasteiger partial charge is 0.416 e. The second kappa shape index (κ2) is 8.51. The van der Waals surface area contributed by atoms with Crippen LogP contribution in [0.2, 0.25) is 0 Å². The van der Waals surface area contributed by atoms with Crippen LogP contribution >= 0.6 is 0 Å². The molecule has 0 saturated carbocycles. The second-order valence-corrected chi connectivity index (χ2v) is 5.85. The van der Waals surface area contributed by atoms with Gasteiger partial charge in [-0.25, -0.2) is 0 Å². The Hall–Kier alpha value is -3.43. The Labute approximate surface area is 157 Å². The van der Waals surface area contributed by atoms with Crippen LogP contribution in [0.4, 0.5) is 30.2 Å². The number of ketones is 1. The third-order valence-electron chi connectivity index (χ3n) is 3.74. The van der Waals surface area contributed by atoms with Crippen molar-refractivity contribution in [3.05, 3.63) is 63.7 Å². The first kappa shape index (κ1) is 20.9. The van der Waals surface area contributed by atoms with Gasteiger partial charge in [0.05, 0.1) is 10.5 Å². The number of rotatable bonds is 7. The Kier molecular flexibility index (Phi) is 6.34. The minimum atomic E-state index is -4.70. The molecular formula is C18H16F3N3O4. The van der Waals surface area contributed by atoms with Crippen LogP contribution in [0.3, 0.4) is 0 Å². The summed E-state index contributed by atoms with van der Waals surface area (Å²) in [6.07, 6.45) is -4.79. The molecule has 0 fully saturated rings. The van der Waals surface area contributed by atoms with Crippen molar-refractivity contribution in [3.63, 3.8) is 0 Å². The molecule has 148 valence electrons. The van der Waals surface area contributed by atoms with Crippen LogP contribution in [-0.4, -0.2) is 23.2 Å². The van der Waals surface area contributed by atoms with Gasteiger partial charge in [-0.3, -0.25) is 19.7 Å². The highest BCUT2D eigenvalue weighted by Crippen LogP contribution is 2.34. The van der Waals surface area contributed by atoms with Gasteiger partial charge in [0.15, 0.2) is 5.78 Å². The molecule has 1 amide bonds. The monoisotopic (exact) mass is 395 g/mol. The summed E-state index contributed by atoms with van der Waals surface area (Å²) >= 11 is 0. The summed E-state index contributed by atoms with van der Waals surface area (Å²) < 4.78 is 38.1. The molecule has 0 saturated heterocycles. The van der Waals surface area contributed by atoms with E-state index in [1.807, 2.05) is 0 Å². The molecule has 0 aliphatic carbocycles. The molecule has 7 nitrogen and oxygen atoms in total. The summed E-state index contributed by atoms with van der Waals surface area (Å²) in [7, 11) is 0. The number of halogens is 3. The Bertz CT molecular complexity index is 913. The Morgan fingerprint density at radius 3 is 2.46 bits per heavy atom. The summed E-state index contributed by atoms with van der Waals surface area (Å²) in [5.41, 5.74) is -1.14. The van der Waals surface area contributed by atoms with Gasteiger partial charge in [-0.1, -0.05) is 12.1 Å². The number of carbonyl (C=O) groups is 2. The van der Waals surface area contributed by atoms with Gasteiger partial charge in [0.1, 0.15) is 5.69 Å². The number of nitro benzene ring substituents is 1. The zero-order valence-corrected chi connectivity index (χ0v) is 14.7. The van der Waals surface area contributed by atoms with Crippen LogP contribution in [0.15, 0.2) is 42.5 Å². The van der Waals surface area contributed by atoms with Crippen molar-refractivity contribution in [2.75, 3.05) is 17.2 Å². The molecule has 2 rings (SSSR count). The SMILES string of the molecule is CC(=O)c1cccc(NC(=O)CCNc2ccc(C(F)(F)F)cc2[N+](=O)[O-])c1. The number of anilines is 2. The highest BCUT2D eigenvalue weighted by Gasteiger charge is 2.33. The minimum absolute atomic E-state index is 0.0373. The van der Waals surface area contributed by atoms with E-state index in [1.54, 1.807) is 18.2 Å². The topological polar surface area (TPSA) is 101 Å². The van der Waals surface area contributed by atoms with Crippen LogP contribution < -0.4 is 10.6 Å². The van der Waals surface area contributed by atoms with Gasteiger partial charge in [-0.05, 0) is 31.2 Å². The van der Waals surface area contributed by atoms with E-state index in [0.717, 1.165) is 12.1 Å². The standard InChI is InChI=1S/C18H16F3N3O4/c1-11(25)12-3-2-4-14(9-12)23-17(26)7-8-22-15-6-5-13(18(19,20)21)10-16(15)24(27)28/h2-6,9-10,22H,7-8H2,1H3,(H,23,26). The van der Waals surface area contributed by atoms with Crippen LogP contribution in [0.25, 0.3) is 0 Å². The van der Waals surface area contributed by atoms with E-state index in [4.69, 9.17) is 0 Å². The number of Topliss-reactive ketones (excluding diaryl/α,β-unsaturated/α-hetero) is 1. The molecule has 0 aliphatic rings. The Morgan fingerprint density at radius 2 is 1.86 bits per heavy atom. The van der Waals surface area contributed by atoms with Gasteiger partial charge in [0.2, 0.25) is 5.91 Å². The molecule has 2 aromatic rings. The summed E-state index contributed by atoms with van der Waals surface area (Å²) in [5.74, 6) is -0.588. The number of nitrogens with zero attached hydrogens (tertiary/aromatic N) is 1. The summed E-state index contributed by atoms with van der Waals surface area (Å²) in [6, 6.07) is 8.43. The molecule has 0 spiro atoms. The number of nitro groups is 1. The van der Waals surface area contributed by atoms with E-state index in [0.29, 0.717) is 17.3 Å². The quantitative estimate of drug-likeness (QED) is 0.414. The molecule has 0 aliphatic heterocycles. The van der Waals surface area contributed by atoms with Crippen molar-refractivity contribution in [2.45, 2.75) is 19.5 Å². The number of amides is 1. The van der Waals surface area contributed by atoms with Gasteiger partial charge in [-0.15, -0.1) is 0 Å². The van der Waals surface area contributed by atoms with Gasteiger partial charge >= 0.3 is 6.18 Å². The zero-order chi connectivity index (χ0) is 20.9. The van der Waals surface area contributed by atoms with E-state index in [-0.39, 0.29) is 24.4 Å². The van der Waals surface area contributed by atoms with Crippen molar-refractivity contribution in [3.8, 4) is 0 Å². The van der Waals surface area contributed by atoms with E-state index < -0.39 is 28.3 Å². The third-order valence-corrected chi connectivity index (χ3v) is 3.74. The Balaban J connectivity index is 1.99. The maximum atomic E-state index is 12.7. The predicted molar refractivity (Wildman–Crippen MR) is 96.3 cm³/mol. The van der Waals surface area contributed by atoms with E-state index >= 15 is 0 Å². The first-order chi connectivity index (χ1) is 13.1. The summed E-state index contributed by atoms with van der Waals surface area (Å²) in [6.45, 7) is 1.35. The lowest BCUT2D eigenvalue weighted by molar-refractivity contribution is -0.384. The average molecular weight is 395 g/mol. The van der Waals surface area contributed by atoms with Crippen molar-refractivity contribution >= 4 is 28.8 Å². The number of benzene rings is 2. The minimum Gasteiger partial charge on any atom is -0.379 e. The van der Waals surface area contributed by atoms with Gasteiger partial charge < -0.3 is 10.6 Å². The summed E-state index contributed by atoms with van der Waals surface area (Å²) in [5, 5.41) is 16.2.